The fraction of sp³-hybridized carbons (Fsp3) is 0.364. The van der Waals surface area contributed by atoms with Crippen molar-refractivity contribution in [2.45, 2.75) is 19.9 Å². The Labute approximate surface area is 83.9 Å². The summed E-state index contributed by atoms with van der Waals surface area (Å²) in [6, 6.07) is 7.64. The van der Waals surface area contributed by atoms with E-state index in [9.17, 15) is 4.79 Å². The molecule has 0 saturated carbocycles. The Balaban J connectivity index is 2.70. The van der Waals surface area contributed by atoms with E-state index in [1.807, 2.05) is 24.3 Å². The third-order valence-electron chi connectivity index (χ3n) is 1.98. The summed E-state index contributed by atoms with van der Waals surface area (Å²) in [5.74, 6) is -0.201. The summed E-state index contributed by atoms with van der Waals surface area (Å²) in [6.07, 6.45) is 0.307. The lowest BCUT2D eigenvalue weighted by atomic mass is 10.1. The second-order valence-electron chi connectivity index (χ2n) is 2.95. The average Bonchev–Trinajstić information content (AvgIpc) is 2.19. The number of carbonyl (C=O) groups is 1. The Hall–Kier alpha value is -1.35. The van der Waals surface area contributed by atoms with Crippen LogP contribution in [0.5, 0.6) is 0 Å². The number of nitrogens with two attached hydrogens (primary N) is 1. The molecule has 1 aromatic rings. The van der Waals surface area contributed by atoms with Crippen molar-refractivity contribution in [2.24, 2.45) is 5.73 Å². The van der Waals surface area contributed by atoms with Crippen LogP contribution >= 0.6 is 0 Å². The molecule has 14 heavy (non-hydrogen) atoms. The maximum atomic E-state index is 11.2. The lowest BCUT2D eigenvalue weighted by Crippen LogP contribution is -2.10. The van der Waals surface area contributed by atoms with Gasteiger partial charge in [0, 0.05) is 6.54 Å². The molecule has 0 aromatic heterocycles. The van der Waals surface area contributed by atoms with Crippen LogP contribution in [0.4, 0.5) is 0 Å². The third-order valence-corrected chi connectivity index (χ3v) is 1.98. The van der Waals surface area contributed by atoms with Crippen molar-refractivity contribution in [2.75, 3.05) is 6.61 Å². The van der Waals surface area contributed by atoms with E-state index in [0.29, 0.717) is 19.6 Å². The zero-order chi connectivity index (χ0) is 10.4. The Bertz CT molecular complexity index is 310. The van der Waals surface area contributed by atoms with Crippen LogP contribution in [0.15, 0.2) is 24.3 Å². The zero-order valence-corrected chi connectivity index (χ0v) is 8.32. The van der Waals surface area contributed by atoms with Crippen LogP contribution in [-0.2, 0) is 22.5 Å². The fourth-order valence-electron chi connectivity index (χ4n) is 1.30. The molecular weight excluding hydrogens is 178 g/mol. The van der Waals surface area contributed by atoms with Gasteiger partial charge >= 0.3 is 5.97 Å². The molecule has 1 rings (SSSR count). The normalized spacial score (nSPS) is 9.86. The van der Waals surface area contributed by atoms with Crippen molar-refractivity contribution < 1.29 is 9.53 Å². The van der Waals surface area contributed by atoms with Crippen LogP contribution in [-0.4, -0.2) is 12.6 Å². The first-order valence-electron chi connectivity index (χ1n) is 4.70. The van der Waals surface area contributed by atoms with Crippen LogP contribution in [0.3, 0.4) is 0 Å². The van der Waals surface area contributed by atoms with Gasteiger partial charge in [-0.25, -0.2) is 0 Å². The molecule has 0 amide bonds. The third kappa shape index (κ3) is 2.85. The summed E-state index contributed by atoms with van der Waals surface area (Å²) in [5, 5.41) is 0. The second kappa shape index (κ2) is 5.40. The molecule has 0 heterocycles. The predicted molar refractivity (Wildman–Crippen MR) is 54.7 cm³/mol. The first kappa shape index (κ1) is 10.7. The molecule has 0 fully saturated rings. The topological polar surface area (TPSA) is 52.3 Å². The van der Waals surface area contributed by atoms with E-state index in [1.54, 1.807) is 6.92 Å². The lowest BCUT2D eigenvalue weighted by molar-refractivity contribution is -0.142. The van der Waals surface area contributed by atoms with Crippen LogP contribution in [0.2, 0.25) is 0 Å². The predicted octanol–water partition coefficient (Wildman–Crippen LogP) is 1.25. The van der Waals surface area contributed by atoms with Gasteiger partial charge in [-0.3, -0.25) is 4.79 Å². The summed E-state index contributed by atoms with van der Waals surface area (Å²) in [7, 11) is 0. The maximum absolute atomic E-state index is 11.2. The van der Waals surface area contributed by atoms with Gasteiger partial charge in [-0.15, -0.1) is 0 Å². The van der Waals surface area contributed by atoms with Crippen LogP contribution < -0.4 is 5.73 Å². The average molecular weight is 193 g/mol. The highest BCUT2D eigenvalue weighted by Gasteiger charge is 2.06. The van der Waals surface area contributed by atoms with Gasteiger partial charge in [0.25, 0.3) is 0 Å². The highest BCUT2D eigenvalue weighted by atomic mass is 16.5. The molecule has 0 radical (unpaired) electrons. The molecule has 0 aliphatic heterocycles. The van der Waals surface area contributed by atoms with E-state index in [-0.39, 0.29) is 5.97 Å². The van der Waals surface area contributed by atoms with Gasteiger partial charge in [0.2, 0.25) is 0 Å². The Morgan fingerprint density at radius 1 is 1.36 bits per heavy atom. The first-order chi connectivity index (χ1) is 6.77. The molecule has 76 valence electrons. The van der Waals surface area contributed by atoms with Gasteiger partial charge < -0.3 is 10.5 Å². The minimum atomic E-state index is -0.201. The van der Waals surface area contributed by atoms with E-state index in [1.165, 1.54) is 0 Å². The molecular formula is C11H15NO2. The molecule has 0 aliphatic rings. The number of carbonyl (C=O) groups excluding carboxylic acids is 1. The van der Waals surface area contributed by atoms with Crippen molar-refractivity contribution in [1.29, 1.82) is 0 Å². The smallest absolute Gasteiger partial charge is 0.310 e. The van der Waals surface area contributed by atoms with Crippen molar-refractivity contribution in [3.63, 3.8) is 0 Å². The minimum absolute atomic E-state index is 0.201. The van der Waals surface area contributed by atoms with Crippen molar-refractivity contribution in [3.8, 4) is 0 Å². The second-order valence-corrected chi connectivity index (χ2v) is 2.95. The Morgan fingerprint density at radius 3 is 2.57 bits per heavy atom. The molecule has 3 heteroatoms. The molecule has 0 spiro atoms. The summed E-state index contributed by atoms with van der Waals surface area (Å²) in [5.41, 5.74) is 7.50. The van der Waals surface area contributed by atoms with E-state index in [2.05, 4.69) is 0 Å². The Kier molecular flexibility index (Phi) is 4.13. The fourth-order valence-corrected chi connectivity index (χ4v) is 1.30. The molecule has 0 atom stereocenters. The van der Waals surface area contributed by atoms with Crippen molar-refractivity contribution in [1.82, 2.24) is 0 Å². The van der Waals surface area contributed by atoms with Gasteiger partial charge in [-0.2, -0.15) is 0 Å². The van der Waals surface area contributed by atoms with Crippen molar-refractivity contribution in [3.05, 3.63) is 35.4 Å². The van der Waals surface area contributed by atoms with Gasteiger partial charge in [-0.05, 0) is 18.1 Å². The Morgan fingerprint density at radius 2 is 2.00 bits per heavy atom. The number of ether oxygens (including phenoxy) is 1. The monoisotopic (exact) mass is 193 g/mol. The highest BCUT2D eigenvalue weighted by Crippen LogP contribution is 2.09. The molecule has 0 bridgehead atoms. The summed E-state index contributed by atoms with van der Waals surface area (Å²) in [6.45, 7) is 2.67. The van der Waals surface area contributed by atoms with Crippen LogP contribution in [0.1, 0.15) is 18.1 Å². The van der Waals surface area contributed by atoms with Crippen LogP contribution in [0.25, 0.3) is 0 Å². The van der Waals surface area contributed by atoms with Gasteiger partial charge in [0.05, 0.1) is 13.0 Å². The quantitative estimate of drug-likeness (QED) is 0.732. The first-order valence-corrected chi connectivity index (χ1v) is 4.70. The summed E-state index contributed by atoms with van der Waals surface area (Å²) < 4.78 is 4.87. The molecule has 0 unspecified atom stereocenters. The molecule has 0 saturated heterocycles. The van der Waals surface area contributed by atoms with Gasteiger partial charge in [-0.1, -0.05) is 24.3 Å². The largest absolute Gasteiger partial charge is 0.466 e. The SMILES string of the molecule is CCOC(=O)Cc1ccccc1CN. The van der Waals surface area contributed by atoms with E-state index in [4.69, 9.17) is 10.5 Å². The summed E-state index contributed by atoms with van der Waals surface area (Å²) in [4.78, 5) is 11.2. The number of hydrogen-bond donors (Lipinski definition) is 1. The lowest BCUT2D eigenvalue weighted by Gasteiger charge is -2.06. The maximum Gasteiger partial charge on any atom is 0.310 e. The minimum Gasteiger partial charge on any atom is -0.466 e. The number of rotatable bonds is 4. The van der Waals surface area contributed by atoms with Crippen molar-refractivity contribution >= 4 is 5.97 Å². The molecule has 2 N–H and O–H groups in total. The zero-order valence-electron chi connectivity index (χ0n) is 8.32. The highest BCUT2D eigenvalue weighted by molar-refractivity contribution is 5.73. The number of esters is 1. The van der Waals surface area contributed by atoms with Crippen LogP contribution in [0, 0.1) is 0 Å². The van der Waals surface area contributed by atoms with E-state index < -0.39 is 0 Å². The van der Waals surface area contributed by atoms with E-state index in [0.717, 1.165) is 11.1 Å². The molecule has 3 nitrogen and oxygen atoms in total. The summed E-state index contributed by atoms with van der Waals surface area (Å²) >= 11 is 0. The van der Waals surface area contributed by atoms with Gasteiger partial charge in [0.1, 0.15) is 0 Å². The molecule has 0 aliphatic carbocycles. The van der Waals surface area contributed by atoms with E-state index >= 15 is 0 Å². The number of hydrogen-bond acceptors (Lipinski definition) is 3. The standard InChI is InChI=1S/C11H15NO2/c1-2-14-11(13)7-9-5-3-4-6-10(9)8-12/h3-6H,2,7-8,12H2,1H3. The molecule has 1 aromatic carbocycles. The van der Waals surface area contributed by atoms with Gasteiger partial charge in [0.15, 0.2) is 0 Å². The number of benzene rings is 1.